The van der Waals surface area contributed by atoms with Crippen LogP contribution in [0.25, 0.3) is 0 Å². The number of aryl methyl sites for hydroxylation is 2. The molecule has 0 bridgehead atoms. The van der Waals surface area contributed by atoms with Crippen LogP contribution >= 0.6 is 0 Å². The molecule has 1 radical (unpaired) electrons. The quantitative estimate of drug-likeness (QED) is 0.672. The third-order valence-electron chi connectivity index (χ3n) is 1.52. The van der Waals surface area contributed by atoms with Gasteiger partial charge in [0, 0.05) is 0 Å². The number of rotatable bonds is 1. The van der Waals surface area contributed by atoms with Crippen molar-refractivity contribution in [1.29, 1.82) is 0 Å². The average Bonchev–Trinajstić information content (AvgIpc) is 1.83. The lowest BCUT2D eigenvalue weighted by molar-refractivity contribution is 0.482. The van der Waals surface area contributed by atoms with Crippen LogP contribution in [0.2, 0.25) is 0 Å². The van der Waals surface area contributed by atoms with Gasteiger partial charge in [0.15, 0.2) is 0 Å². The highest BCUT2D eigenvalue weighted by Crippen LogP contribution is 2.14. The zero-order valence-electron chi connectivity index (χ0n) is 6.83. The van der Waals surface area contributed by atoms with Gasteiger partial charge in [-0.1, -0.05) is 6.07 Å². The Balaban J connectivity index is 3.39. The third-order valence-corrected chi connectivity index (χ3v) is 2.51. The van der Waals surface area contributed by atoms with E-state index in [0.717, 1.165) is 5.56 Å². The number of hydrogen-bond acceptors (Lipinski definition) is 2. The van der Waals surface area contributed by atoms with Crippen molar-refractivity contribution in [2.24, 2.45) is 0 Å². The lowest BCUT2D eigenvalue weighted by Crippen LogP contribution is -2.00. The fourth-order valence-electron chi connectivity index (χ4n) is 1.00. The molecule has 0 aliphatic rings. The van der Waals surface area contributed by atoms with E-state index in [1.54, 1.807) is 19.9 Å². The van der Waals surface area contributed by atoms with Crippen LogP contribution < -0.4 is 0 Å². The summed E-state index contributed by atoms with van der Waals surface area (Å²) in [6.07, 6.45) is 0. The van der Waals surface area contributed by atoms with Crippen molar-refractivity contribution in [2.45, 2.75) is 18.7 Å². The first kappa shape index (κ1) is 9.22. The molecule has 0 saturated heterocycles. The van der Waals surface area contributed by atoms with Crippen molar-refractivity contribution in [3.8, 4) is 0 Å². The molecule has 0 aliphatic carbocycles. The minimum atomic E-state index is -4.08. The molecule has 1 aromatic rings. The fourth-order valence-corrected chi connectivity index (χ4v) is 1.68. The SMILES string of the molecule is Cc1[c]c(C)c(S(=O)(=O)O)cc1. The van der Waals surface area contributed by atoms with E-state index in [1.165, 1.54) is 6.07 Å². The molecule has 4 heteroatoms. The van der Waals surface area contributed by atoms with E-state index in [2.05, 4.69) is 6.07 Å². The molecule has 1 N–H and O–H groups in total. The molecule has 12 heavy (non-hydrogen) atoms. The highest BCUT2D eigenvalue weighted by atomic mass is 32.2. The highest BCUT2D eigenvalue weighted by molar-refractivity contribution is 7.85. The summed E-state index contributed by atoms with van der Waals surface area (Å²) in [5.41, 5.74) is 1.29. The van der Waals surface area contributed by atoms with E-state index in [4.69, 9.17) is 4.55 Å². The lowest BCUT2D eigenvalue weighted by Gasteiger charge is -2.01. The van der Waals surface area contributed by atoms with Crippen LogP contribution in [-0.2, 0) is 10.1 Å². The van der Waals surface area contributed by atoms with E-state index in [-0.39, 0.29) is 4.90 Å². The average molecular weight is 185 g/mol. The van der Waals surface area contributed by atoms with Crippen LogP contribution in [-0.4, -0.2) is 13.0 Å². The molecule has 0 unspecified atom stereocenters. The molecule has 0 saturated carbocycles. The van der Waals surface area contributed by atoms with Gasteiger partial charge in [-0.2, -0.15) is 8.42 Å². The maximum absolute atomic E-state index is 10.7. The third kappa shape index (κ3) is 1.84. The lowest BCUT2D eigenvalue weighted by atomic mass is 10.2. The summed E-state index contributed by atoms with van der Waals surface area (Å²) in [5, 5.41) is 0. The predicted molar refractivity (Wildman–Crippen MR) is 44.6 cm³/mol. The summed E-state index contributed by atoms with van der Waals surface area (Å²) < 4.78 is 30.1. The summed E-state index contributed by atoms with van der Waals surface area (Å²) in [5.74, 6) is 0. The van der Waals surface area contributed by atoms with E-state index in [1.807, 2.05) is 0 Å². The molecule has 0 heterocycles. The van der Waals surface area contributed by atoms with Crippen LogP contribution in [0.4, 0.5) is 0 Å². The Kier molecular flexibility index (Phi) is 2.21. The molecule has 0 aromatic heterocycles. The predicted octanol–water partition coefficient (Wildman–Crippen LogP) is 1.35. The monoisotopic (exact) mass is 185 g/mol. The smallest absolute Gasteiger partial charge is 0.282 e. The Hall–Kier alpha value is -0.870. The molecule has 65 valence electrons. The zero-order valence-corrected chi connectivity index (χ0v) is 7.64. The Morgan fingerprint density at radius 3 is 2.33 bits per heavy atom. The van der Waals surface area contributed by atoms with Crippen molar-refractivity contribution < 1.29 is 13.0 Å². The summed E-state index contributed by atoms with van der Waals surface area (Å²) in [6, 6.07) is 5.77. The summed E-state index contributed by atoms with van der Waals surface area (Å²) in [4.78, 5) is -0.0758. The summed E-state index contributed by atoms with van der Waals surface area (Å²) in [7, 11) is -4.08. The van der Waals surface area contributed by atoms with E-state index < -0.39 is 10.1 Å². The summed E-state index contributed by atoms with van der Waals surface area (Å²) >= 11 is 0. The molecular formula is C8H9O3S. The van der Waals surface area contributed by atoms with Crippen molar-refractivity contribution in [1.82, 2.24) is 0 Å². The molecular weight excluding hydrogens is 176 g/mol. The molecule has 0 atom stereocenters. The minimum absolute atomic E-state index is 0.0758. The van der Waals surface area contributed by atoms with Crippen molar-refractivity contribution in [2.75, 3.05) is 0 Å². The van der Waals surface area contributed by atoms with Gasteiger partial charge in [0.2, 0.25) is 0 Å². The van der Waals surface area contributed by atoms with Gasteiger partial charge in [0.25, 0.3) is 10.1 Å². The fraction of sp³-hybridized carbons (Fsp3) is 0.250. The first-order chi connectivity index (χ1) is 5.41. The zero-order chi connectivity index (χ0) is 9.35. The Morgan fingerprint density at radius 1 is 1.33 bits per heavy atom. The normalized spacial score (nSPS) is 11.6. The van der Waals surface area contributed by atoms with Gasteiger partial charge in [0.05, 0.1) is 4.90 Å². The maximum Gasteiger partial charge on any atom is 0.294 e. The van der Waals surface area contributed by atoms with Gasteiger partial charge < -0.3 is 0 Å². The minimum Gasteiger partial charge on any atom is -0.282 e. The van der Waals surface area contributed by atoms with Crippen LogP contribution in [0.1, 0.15) is 11.1 Å². The Labute approximate surface area is 71.8 Å². The Bertz CT molecular complexity index is 393. The van der Waals surface area contributed by atoms with Crippen LogP contribution in [0, 0.1) is 19.9 Å². The van der Waals surface area contributed by atoms with Crippen molar-refractivity contribution in [3.63, 3.8) is 0 Å². The molecule has 0 spiro atoms. The molecule has 1 aromatic carbocycles. The largest absolute Gasteiger partial charge is 0.294 e. The van der Waals surface area contributed by atoms with Crippen LogP contribution in [0.15, 0.2) is 17.0 Å². The Morgan fingerprint density at radius 2 is 1.92 bits per heavy atom. The van der Waals surface area contributed by atoms with E-state index in [0.29, 0.717) is 5.56 Å². The molecule has 0 fully saturated rings. The van der Waals surface area contributed by atoms with Crippen LogP contribution in [0.3, 0.4) is 0 Å². The van der Waals surface area contributed by atoms with Gasteiger partial charge in [-0.25, -0.2) is 0 Å². The molecule has 0 amide bonds. The van der Waals surface area contributed by atoms with Crippen LogP contribution in [0.5, 0.6) is 0 Å². The number of hydrogen-bond donors (Lipinski definition) is 1. The number of benzene rings is 1. The van der Waals surface area contributed by atoms with Crippen molar-refractivity contribution in [3.05, 3.63) is 29.3 Å². The van der Waals surface area contributed by atoms with Gasteiger partial charge in [0.1, 0.15) is 0 Å². The van der Waals surface area contributed by atoms with Gasteiger partial charge in [-0.3, -0.25) is 4.55 Å². The maximum atomic E-state index is 10.7. The second-order valence-electron chi connectivity index (χ2n) is 2.61. The van der Waals surface area contributed by atoms with Gasteiger partial charge >= 0.3 is 0 Å². The molecule has 0 aliphatic heterocycles. The highest BCUT2D eigenvalue weighted by Gasteiger charge is 2.11. The topological polar surface area (TPSA) is 54.4 Å². The van der Waals surface area contributed by atoms with E-state index in [9.17, 15) is 8.42 Å². The second-order valence-corrected chi connectivity index (χ2v) is 4.00. The van der Waals surface area contributed by atoms with E-state index >= 15 is 0 Å². The first-order valence-electron chi connectivity index (χ1n) is 3.38. The molecule has 1 rings (SSSR count). The van der Waals surface area contributed by atoms with Crippen molar-refractivity contribution >= 4 is 10.1 Å². The van der Waals surface area contributed by atoms with Gasteiger partial charge in [-0.15, -0.1) is 0 Å². The first-order valence-corrected chi connectivity index (χ1v) is 4.82. The van der Waals surface area contributed by atoms with Gasteiger partial charge in [-0.05, 0) is 37.1 Å². The second kappa shape index (κ2) is 2.88. The standard InChI is InChI=1S/C8H9O3S/c1-6-3-4-8(7(2)5-6)12(9,10)11/h3-4H,1-2H3,(H,9,10,11). The summed E-state index contributed by atoms with van der Waals surface area (Å²) in [6.45, 7) is 3.40. The molecule has 3 nitrogen and oxygen atoms in total.